The van der Waals surface area contributed by atoms with Crippen LogP contribution in [-0.2, 0) is 4.74 Å². The van der Waals surface area contributed by atoms with Gasteiger partial charge in [-0.2, -0.15) is 5.10 Å². The lowest BCUT2D eigenvalue weighted by atomic mass is 10.3. The Hall–Kier alpha value is -1.14. The van der Waals surface area contributed by atoms with E-state index in [4.69, 9.17) is 0 Å². The predicted molar refractivity (Wildman–Crippen MR) is 75.0 cm³/mol. The molecule has 2 rings (SSSR count). The number of methoxy groups -OCH3 is 1. The Morgan fingerprint density at radius 2 is 1.89 bits per heavy atom. The Kier molecular flexibility index (Phi) is 3.87. The van der Waals surface area contributed by atoms with Crippen LogP contribution < -0.4 is 0 Å². The van der Waals surface area contributed by atoms with Gasteiger partial charge >= 0.3 is 5.97 Å². The maximum Gasteiger partial charge on any atom is 0.359 e. The Morgan fingerprint density at radius 1 is 1.28 bits per heavy atom. The van der Waals surface area contributed by atoms with Crippen molar-refractivity contribution in [1.29, 1.82) is 0 Å². The molecule has 0 atom stereocenters. The van der Waals surface area contributed by atoms with Gasteiger partial charge in [0.15, 0.2) is 5.69 Å². The maximum absolute atomic E-state index is 11.5. The molecule has 0 bridgehead atoms. The average Bonchev–Trinajstić information content (AvgIpc) is 2.67. The normalized spacial score (nSPS) is 10.4. The van der Waals surface area contributed by atoms with Crippen LogP contribution in [-0.4, -0.2) is 22.9 Å². The predicted octanol–water partition coefficient (Wildman–Crippen LogP) is 3.49. The third-order valence-electron chi connectivity index (χ3n) is 2.49. The Labute approximate surface area is 121 Å². The minimum absolute atomic E-state index is 0.276. The Balaban J connectivity index is 2.52. The highest BCUT2D eigenvalue weighted by atomic mass is 79.9. The topological polar surface area (TPSA) is 44.1 Å². The quantitative estimate of drug-likeness (QED) is 0.757. The number of nitrogens with zero attached hydrogens (tertiary/aromatic N) is 2. The largest absolute Gasteiger partial charge is 0.464 e. The number of ether oxygens (including phenoxy) is 1. The highest BCUT2D eigenvalue weighted by Gasteiger charge is 2.20. The molecule has 0 aliphatic heterocycles. The first kappa shape index (κ1) is 13.3. The van der Waals surface area contributed by atoms with E-state index in [0.29, 0.717) is 4.47 Å². The van der Waals surface area contributed by atoms with Crippen molar-refractivity contribution in [2.24, 2.45) is 0 Å². The second-order valence-electron chi connectivity index (χ2n) is 3.63. The zero-order valence-electron chi connectivity index (χ0n) is 9.78. The summed E-state index contributed by atoms with van der Waals surface area (Å²) in [5, 5.41) is 4.26. The number of carbonyl (C=O) groups is 1. The van der Waals surface area contributed by atoms with Gasteiger partial charge in [0.1, 0.15) is 0 Å². The number of aromatic nitrogens is 2. The lowest BCUT2D eigenvalue weighted by molar-refractivity contribution is 0.0592. The number of hydrogen-bond donors (Lipinski definition) is 0. The van der Waals surface area contributed by atoms with Crippen LogP contribution in [0, 0.1) is 6.92 Å². The summed E-state index contributed by atoms with van der Waals surface area (Å²) >= 11 is 6.74. The molecule has 0 N–H and O–H groups in total. The molecule has 0 radical (unpaired) electrons. The molecule has 0 amide bonds. The van der Waals surface area contributed by atoms with Crippen LogP contribution in [0.2, 0.25) is 0 Å². The van der Waals surface area contributed by atoms with E-state index in [1.807, 2.05) is 31.2 Å². The SMILES string of the molecule is COC(=O)c1nn(-c2ccc(Br)cc2)c(C)c1Br. The van der Waals surface area contributed by atoms with Crippen LogP contribution in [0.15, 0.2) is 33.2 Å². The fraction of sp³-hybridized carbons (Fsp3) is 0.167. The van der Waals surface area contributed by atoms with Gasteiger partial charge in [-0.25, -0.2) is 9.48 Å². The number of benzene rings is 1. The highest BCUT2D eigenvalue weighted by Crippen LogP contribution is 2.24. The Bertz CT molecular complexity index is 591. The van der Waals surface area contributed by atoms with Gasteiger partial charge in [-0.05, 0) is 47.1 Å². The molecule has 0 spiro atoms. The van der Waals surface area contributed by atoms with Crippen LogP contribution in [0.1, 0.15) is 16.2 Å². The second-order valence-corrected chi connectivity index (χ2v) is 5.34. The fourth-order valence-corrected chi connectivity index (χ4v) is 2.22. The monoisotopic (exact) mass is 372 g/mol. The molecule has 4 nitrogen and oxygen atoms in total. The van der Waals surface area contributed by atoms with Gasteiger partial charge in [0.2, 0.25) is 0 Å². The summed E-state index contributed by atoms with van der Waals surface area (Å²) in [6.45, 7) is 1.88. The van der Waals surface area contributed by atoms with Gasteiger partial charge in [0.25, 0.3) is 0 Å². The first-order valence-electron chi connectivity index (χ1n) is 5.14. The molecule has 2 aromatic rings. The van der Waals surface area contributed by atoms with Gasteiger partial charge in [-0.15, -0.1) is 0 Å². The number of hydrogen-bond acceptors (Lipinski definition) is 3. The summed E-state index contributed by atoms with van der Waals surface area (Å²) in [4.78, 5) is 11.5. The molecule has 1 aromatic carbocycles. The van der Waals surface area contributed by atoms with Crippen molar-refractivity contribution in [3.8, 4) is 5.69 Å². The van der Waals surface area contributed by atoms with Gasteiger partial charge in [0.05, 0.1) is 23.0 Å². The molecule has 0 aliphatic carbocycles. The van der Waals surface area contributed by atoms with Crippen LogP contribution >= 0.6 is 31.9 Å². The van der Waals surface area contributed by atoms with Gasteiger partial charge in [-0.3, -0.25) is 0 Å². The minimum atomic E-state index is -0.458. The van der Waals surface area contributed by atoms with Crippen LogP contribution in [0.3, 0.4) is 0 Å². The molecule has 0 saturated carbocycles. The van der Waals surface area contributed by atoms with E-state index in [0.717, 1.165) is 15.9 Å². The molecular weight excluding hydrogens is 364 g/mol. The first-order valence-corrected chi connectivity index (χ1v) is 6.72. The van der Waals surface area contributed by atoms with E-state index < -0.39 is 5.97 Å². The van der Waals surface area contributed by atoms with Crippen molar-refractivity contribution in [1.82, 2.24) is 9.78 Å². The van der Waals surface area contributed by atoms with Crippen molar-refractivity contribution in [3.05, 3.63) is 44.6 Å². The molecule has 6 heteroatoms. The lowest BCUT2D eigenvalue weighted by Crippen LogP contribution is -2.04. The summed E-state index contributed by atoms with van der Waals surface area (Å²) in [6.07, 6.45) is 0. The second kappa shape index (κ2) is 5.24. The van der Waals surface area contributed by atoms with Crippen molar-refractivity contribution in [3.63, 3.8) is 0 Å². The van der Waals surface area contributed by atoms with Gasteiger partial charge in [-0.1, -0.05) is 15.9 Å². The molecular formula is C12H10Br2N2O2. The molecule has 0 unspecified atom stereocenters. The van der Waals surface area contributed by atoms with Crippen LogP contribution in [0.25, 0.3) is 5.69 Å². The summed E-state index contributed by atoms with van der Waals surface area (Å²) in [5.74, 6) is -0.458. The molecule has 94 valence electrons. The van der Waals surface area contributed by atoms with Crippen LogP contribution in [0.5, 0.6) is 0 Å². The van der Waals surface area contributed by atoms with Crippen molar-refractivity contribution in [2.75, 3.05) is 7.11 Å². The van der Waals surface area contributed by atoms with E-state index in [-0.39, 0.29) is 5.69 Å². The molecule has 0 aliphatic rings. The van der Waals surface area contributed by atoms with Crippen LogP contribution in [0.4, 0.5) is 0 Å². The lowest BCUT2D eigenvalue weighted by Gasteiger charge is -2.03. The smallest absolute Gasteiger partial charge is 0.359 e. The van der Waals surface area contributed by atoms with E-state index >= 15 is 0 Å². The molecule has 0 fully saturated rings. The maximum atomic E-state index is 11.5. The summed E-state index contributed by atoms with van der Waals surface area (Å²) < 4.78 is 8.02. The van der Waals surface area contributed by atoms with E-state index in [2.05, 4.69) is 41.7 Å². The number of carbonyl (C=O) groups excluding carboxylic acids is 1. The third-order valence-corrected chi connectivity index (χ3v) is 3.97. The number of esters is 1. The van der Waals surface area contributed by atoms with Gasteiger partial charge < -0.3 is 4.74 Å². The zero-order valence-corrected chi connectivity index (χ0v) is 12.9. The Morgan fingerprint density at radius 3 is 2.44 bits per heavy atom. The zero-order chi connectivity index (χ0) is 13.3. The first-order chi connectivity index (χ1) is 8.54. The van der Waals surface area contributed by atoms with Gasteiger partial charge in [0, 0.05) is 4.47 Å². The average molecular weight is 374 g/mol. The molecule has 1 aromatic heterocycles. The van der Waals surface area contributed by atoms with E-state index in [9.17, 15) is 4.79 Å². The van der Waals surface area contributed by atoms with E-state index in [1.165, 1.54) is 7.11 Å². The third kappa shape index (κ3) is 2.35. The van der Waals surface area contributed by atoms with Crippen molar-refractivity contribution in [2.45, 2.75) is 6.92 Å². The molecule has 18 heavy (non-hydrogen) atoms. The number of halogens is 2. The summed E-state index contributed by atoms with van der Waals surface area (Å²) in [7, 11) is 1.34. The standard InChI is InChI=1S/C12H10Br2N2O2/c1-7-10(14)11(12(17)18-2)15-16(7)9-5-3-8(13)4-6-9/h3-6H,1-2H3. The highest BCUT2D eigenvalue weighted by molar-refractivity contribution is 9.10. The summed E-state index contributed by atoms with van der Waals surface area (Å²) in [5.41, 5.74) is 2.00. The van der Waals surface area contributed by atoms with E-state index in [1.54, 1.807) is 4.68 Å². The van der Waals surface area contributed by atoms with Crippen molar-refractivity contribution < 1.29 is 9.53 Å². The summed E-state index contributed by atoms with van der Waals surface area (Å²) in [6, 6.07) is 7.67. The number of rotatable bonds is 2. The molecule has 1 heterocycles. The molecule has 0 saturated heterocycles. The fourth-order valence-electron chi connectivity index (χ4n) is 1.54. The minimum Gasteiger partial charge on any atom is -0.464 e. The van der Waals surface area contributed by atoms with Crippen molar-refractivity contribution >= 4 is 37.8 Å².